The van der Waals surface area contributed by atoms with Gasteiger partial charge in [-0.05, 0) is 26.0 Å². The molecule has 1 N–H and O–H groups in total. The predicted octanol–water partition coefficient (Wildman–Crippen LogP) is 1.57. The molecule has 0 aromatic carbocycles. The van der Waals surface area contributed by atoms with Crippen LogP contribution in [-0.2, 0) is 11.3 Å². The Morgan fingerprint density at radius 2 is 2.32 bits per heavy atom. The van der Waals surface area contributed by atoms with Crippen LogP contribution < -0.4 is 5.32 Å². The fourth-order valence-corrected chi connectivity index (χ4v) is 3.00. The Balaban J connectivity index is 1.35. The lowest BCUT2D eigenvalue weighted by molar-refractivity contribution is -0.116. The summed E-state index contributed by atoms with van der Waals surface area (Å²) in [5.74, 6) is 0.570. The highest BCUT2D eigenvalue weighted by Gasteiger charge is 2.27. The average Bonchev–Trinajstić information content (AvgIpc) is 3.03. The molecule has 1 aliphatic rings. The molecule has 2 heterocycles. The first kappa shape index (κ1) is 15.1. The number of nitrogens with zero attached hydrogens (tertiary/aromatic N) is 5. The molecule has 1 fully saturated rings. The van der Waals surface area contributed by atoms with E-state index in [0.717, 1.165) is 18.1 Å². The second-order valence-corrected chi connectivity index (χ2v) is 6.60. The summed E-state index contributed by atoms with van der Waals surface area (Å²) in [6, 6.07) is 1.91. The maximum absolute atomic E-state index is 11.9. The summed E-state index contributed by atoms with van der Waals surface area (Å²) in [6.07, 6.45) is 6.56. The molecule has 2 aromatic rings. The lowest BCUT2D eigenvalue weighted by Crippen LogP contribution is -2.27. The van der Waals surface area contributed by atoms with Crippen LogP contribution in [0.1, 0.15) is 30.2 Å². The quantitative estimate of drug-likeness (QED) is 0.799. The number of amides is 1. The molecular weight excluding hydrogens is 300 g/mol. The molecule has 0 aliphatic heterocycles. The second kappa shape index (κ2) is 6.97. The maximum Gasteiger partial charge on any atom is 0.227 e. The van der Waals surface area contributed by atoms with Crippen LogP contribution in [0.4, 0.5) is 5.13 Å². The van der Waals surface area contributed by atoms with E-state index in [2.05, 4.69) is 25.5 Å². The average molecular weight is 320 g/mol. The molecule has 1 aliphatic carbocycles. The van der Waals surface area contributed by atoms with Crippen LogP contribution in [-0.4, -0.2) is 50.9 Å². The third-order valence-electron chi connectivity index (χ3n) is 3.60. The van der Waals surface area contributed by atoms with E-state index in [-0.39, 0.29) is 5.91 Å². The van der Waals surface area contributed by atoms with Crippen molar-refractivity contribution < 1.29 is 4.79 Å². The van der Waals surface area contributed by atoms with E-state index in [1.807, 2.05) is 24.0 Å². The third kappa shape index (κ3) is 4.35. The molecule has 3 rings (SSSR count). The van der Waals surface area contributed by atoms with Crippen molar-refractivity contribution in [2.45, 2.75) is 31.7 Å². The molecule has 2 aromatic heterocycles. The van der Waals surface area contributed by atoms with Crippen molar-refractivity contribution in [3.05, 3.63) is 23.5 Å². The molecule has 118 valence electrons. The third-order valence-corrected chi connectivity index (χ3v) is 4.61. The second-order valence-electron chi connectivity index (χ2n) is 5.59. The zero-order valence-electron chi connectivity index (χ0n) is 12.6. The summed E-state index contributed by atoms with van der Waals surface area (Å²) in [7, 11) is 2.01. The number of carbonyl (C=O) groups is 1. The molecule has 8 heteroatoms. The Hall–Kier alpha value is -1.80. The number of rotatable bonds is 8. The van der Waals surface area contributed by atoms with Crippen molar-refractivity contribution in [2.75, 3.05) is 25.5 Å². The minimum absolute atomic E-state index is 0.00978. The van der Waals surface area contributed by atoms with Gasteiger partial charge in [0.15, 0.2) is 0 Å². The lowest BCUT2D eigenvalue weighted by Gasteiger charge is -2.15. The Morgan fingerprint density at radius 3 is 3.05 bits per heavy atom. The fourth-order valence-electron chi connectivity index (χ4n) is 2.07. The van der Waals surface area contributed by atoms with E-state index in [0.29, 0.717) is 24.0 Å². The van der Waals surface area contributed by atoms with Crippen molar-refractivity contribution in [1.29, 1.82) is 0 Å². The van der Waals surface area contributed by atoms with Gasteiger partial charge in [0.1, 0.15) is 5.01 Å². The summed E-state index contributed by atoms with van der Waals surface area (Å²) in [5, 5.41) is 16.8. The molecule has 0 unspecified atom stereocenters. The van der Waals surface area contributed by atoms with Gasteiger partial charge in [-0.25, -0.2) is 0 Å². The first-order chi connectivity index (χ1) is 10.7. The van der Waals surface area contributed by atoms with E-state index < -0.39 is 0 Å². The monoisotopic (exact) mass is 320 g/mol. The SMILES string of the molecule is CN(CCC(=O)Nc1nnc(C2CC2)s1)CCn1cccn1. The van der Waals surface area contributed by atoms with E-state index in [1.54, 1.807) is 6.20 Å². The first-order valence-electron chi connectivity index (χ1n) is 7.50. The van der Waals surface area contributed by atoms with Gasteiger partial charge in [-0.2, -0.15) is 5.10 Å². The minimum atomic E-state index is -0.00978. The van der Waals surface area contributed by atoms with Crippen LogP contribution in [0.3, 0.4) is 0 Å². The zero-order chi connectivity index (χ0) is 15.4. The number of hydrogen-bond acceptors (Lipinski definition) is 6. The molecule has 0 spiro atoms. The number of likely N-dealkylation sites (N-methyl/N-ethyl adjacent to an activating group) is 1. The van der Waals surface area contributed by atoms with Gasteiger partial charge < -0.3 is 10.2 Å². The Labute approximate surface area is 133 Å². The Kier molecular flexibility index (Phi) is 4.79. The van der Waals surface area contributed by atoms with Gasteiger partial charge in [-0.1, -0.05) is 11.3 Å². The van der Waals surface area contributed by atoms with E-state index in [4.69, 9.17) is 0 Å². The van der Waals surface area contributed by atoms with Crippen LogP contribution in [0.25, 0.3) is 0 Å². The van der Waals surface area contributed by atoms with Crippen LogP contribution in [0.2, 0.25) is 0 Å². The summed E-state index contributed by atoms with van der Waals surface area (Å²) in [6.45, 7) is 2.40. The van der Waals surface area contributed by atoms with E-state index in [1.165, 1.54) is 24.2 Å². The molecule has 1 amide bonds. The highest BCUT2D eigenvalue weighted by atomic mass is 32.1. The predicted molar refractivity (Wildman–Crippen MR) is 84.9 cm³/mol. The number of carbonyl (C=O) groups excluding carboxylic acids is 1. The lowest BCUT2D eigenvalue weighted by atomic mass is 10.3. The molecule has 0 saturated heterocycles. The number of nitrogens with one attached hydrogen (secondary N) is 1. The van der Waals surface area contributed by atoms with Crippen molar-refractivity contribution in [1.82, 2.24) is 24.9 Å². The first-order valence-corrected chi connectivity index (χ1v) is 8.31. The smallest absolute Gasteiger partial charge is 0.227 e. The highest BCUT2D eigenvalue weighted by molar-refractivity contribution is 7.15. The fraction of sp³-hybridized carbons (Fsp3) is 0.571. The summed E-state index contributed by atoms with van der Waals surface area (Å²) in [4.78, 5) is 14.1. The van der Waals surface area contributed by atoms with Crippen LogP contribution in [0.5, 0.6) is 0 Å². The standard InChI is InChI=1S/C14H20N6OS/c1-19(9-10-20-7-2-6-15-20)8-5-12(21)16-14-18-17-13(22-14)11-3-4-11/h2,6-7,11H,3-5,8-10H2,1H3,(H,16,18,21). The summed E-state index contributed by atoms with van der Waals surface area (Å²) < 4.78 is 1.89. The van der Waals surface area contributed by atoms with E-state index >= 15 is 0 Å². The molecule has 0 atom stereocenters. The summed E-state index contributed by atoms with van der Waals surface area (Å²) >= 11 is 1.50. The van der Waals surface area contributed by atoms with Crippen LogP contribution >= 0.6 is 11.3 Å². The van der Waals surface area contributed by atoms with Gasteiger partial charge in [-0.15, -0.1) is 10.2 Å². The number of hydrogen-bond donors (Lipinski definition) is 1. The molecule has 1 saturated carbocycles. The van der Waals surface area contributed by atoms with Crippen molar-refractivity contribution in [2.24, 2.45) is 0 Å². The topological polar surface area (TPSA) is 75.9 Å². The largest absolute Gasteiger partial charge is 0.304 e. The Bertz CT molecular complexity index is 607. The molecular formula is C14H20N6OS. The van der Waals surface area contributed by atoms with Gasteiger partial charge in [0.25, 0.3) is 0 Å². The van der Waals surface area contributed by atoms with Crippen LogP contribution in [0, 0.1) is 0 Å². The van der Waals surface area contributed by atoms with E-state index in [9.17, 15) is 4.79 Å². The van der Waals surface area contributed by atoms with Gasteiger partial charge in [0.2, 0.25) is 11.0 Å². The van der Waals surface area contributed by atoms with Crippen molar-refractivity contribution >= 4 is 22.4 Å². The van der Waals surface area contributed by atoms with Gasteiger partial charge in [0, 0.05) is 37.8 Å². The molecule has 0 radical (unpaired) electrons. The number of anilines is 1. The summed E-state index contributed by atoms with van der Waals surface area (Å²) in [5.41, 5.74) is 0. The van der Waals surface area contributed by atoms with Crippen molar-refractivity contribution in [3.8, 4) is 0 Å². The highest BCUT2D eigenvalue weighted by Crippen LogP contribution is 2.41. The molecule has 22 heavy (non-hydrogen) atoms. The molecule has 7 nitrogen and oxygen atoms in total. The molecule has 0 bridgehead atoms. The number of aromatic nitrogens is 4. The minimum Gasteiger partial charge on any atom is -0.304 e. The zero-order valence-corrected chi connectivity index (χ0v) is 13.4. The van der Waals surface area contributed by atoms with Gasteiger partial charge in [0.05, 0.1) is 6.54 Å². The maximum atomic E-state index is 11.9. The van der Waals surface area contributed by atoms with Gasteiger partial charge >= 0.3 is 0 Å². The Morgan fingerprint density at radius 1 is 1.45 bits per heavy atom. The van der Waals surface area contributed by atoms with Crippen LogP contribution in [0.15, 0.2) is 18.5 Å². The normalized spacial score (nSPS) is 14.5. The van der Waals surface area contributed by atoms with Gasteiger partial charge in [-0.3, -0.25) is 9.48 Å². The van der Waals surface area contributed by atoms with Crippen molar-refractivity contribution in [3.63, 3.8) is 0 Å².